The molecule has 0 spiro atoms. The van der Waals surface area contributed by atoms with Gasteiger partial charge in [-0.05, 0) is 13.0 Å². The van der Waals surface area contributed by atoms with E-state index in [2.05, 4.69) is 15.0 Å². The van der Waals surface area contributed by atoms with Crippen LogP contribution in [0.2, 0.25) is 0 Å². The van der Waals surface area contributed by atoms with E-state index in [0.29, 0.717) is 11.2 Å². The first-order valence-corrected chi connectivity index (χ1v) is 5.48. The number of hydrogen-bond donors (Lipinski definition) is 1. The standard InChI is InChI=1S/C11H11FN4O2/c1-6-9-10(14-4-13-6)16(5-15-9)11-8(12)2-7(3-17)18-11/h2,4-5,7,11,17H,3H2,1H3/t7-,11?/m1/s1. The van der Waals surface area contributed by atoms with Gasteiger partial charge in [0.05, 0.1) is 18.6 Å². The van der Waals surface area contributed by atoms with Crippen molar-refractivity contribution in [1.29, 1.82) is 0 Å². The Morgan fingerprint density at radius 1 is 1.44 bits per heavy atom. The SMILES string of the molecule is Cc1ncnc2c1ncn2C1O[C@@H](CO)C=C1F. The quantitative estimate of drug-likeness (QED) is 0.856. The molecule has 3 rings (SSSR count). The van der Waals surface area contributed by atoms with Crippen molar-refractivity contribution >= 4 is 11.2 Å². The molecule has 0 radical (unpaired) electrons. The molecule has 0 saturated heterocycles. The van der Waals surface area contributed by atoms with Gasteiger partial charge in [-0.1, -0.05) is 0 Å². The van der Waals surface area contributed by atoms with Gasteiger partial charge in [0, 0.05) is 0 Å². The van der Waals surface area contributed by atoms with Gasteiger partial charge in [0.2, 0.25) is 0 Å². The zero-order chi connectivity index (χ0) is 12.7. The normalized spacial score (nSPS) is 23.6. The number of aryl methyl sites for hydroxylation is 1. The smallest absolute Gasteiger partial charge is 0.189 e. The molecule has 0 aromatic carbocycles. The van der Waals surface area contributed by atoms with E-state index in [1.165, 1.54) is 23.3 Å². The molecule has 1 aliphatic rings. The Balaban J connectivity index is 2.06. The van der Waals surface area contributed by atoms with Crippen LogP contribution in [0.15, 0.2) is 24.6 Å². The van der Waals surface area contributed by atoms with Gasteiger partial charge in [-0.25, -0.2) is 19.3 Å². The highest BCUT2D eigenvalue weighted by molar-refractivity contribution is 5.72. The Morgan fingerprint density at radius 3 is 3.00 bits per heavy atom. The number of halogens is 1. The summed E-state index contributed by atoms with van der Waals surface area (Å²) >= 11 is 0. The summed E-state index contributed by atoms with van der Waals surface area (Å²) in [5, 5.41) is 8.97. The van der Waals surface area contributed by atoms with Crippen molar-refractivity contribution in [3.8, 4) is 0 Å². The third-order valence-corrected chi connectivity index (χ3v) is 2.86. The largest absolute Gasteiger partial charge is 0.393 e. The van der Waals surface area contributed by atoms with Crippen LogP contribution in [0.3, 0.4) is 0 Å². The Hall–Kier alpha value is -1.86. The summed E-state index contributed by atoms with van der Waals surface area (Å²) in [6.45, 7) is 1.55. The summed E-state index contributed by atoms with van der Waals surface area (Å²) in [5.74, 6) is -0.454. The van der Waals surface area contributed by atoms with Crippen LogP contribution in [-0.4, -0.2) is 37.3 Å². The van der Waals surface area contributed by atoms with Crippen LogP contribution in [0.4, 0.5) is 4.39 Å². The van der Waals surface area contributed by atoms with Gasteiger partial charge in [-0.2, -0.15) is 0 Å². The molecule has 2 aromatic heterocycles. The third-order valence-electron chi connectivity index (χ3n) is 2.86. The zero-order valence-electron chi connectivity index (χ0n) is 9.62. The van der Waals surface area contributed by atoms with E-state index in [4.69, 9.17) is 9.84 Å². The fraction of sp³-hybridized carbons (Fsp3) is 0.364. The number of aliphatic hydroxyl groups excluding tert-OH is 1. The average molecular weight is 250 g/mol. The van der Waals surface area contributed by atoms with Crippen molar-refractivity contribution in [3.63, 3.8) is 0 Å². The Bertz CT molecular complexity index is 625. The van der Waals surface area contributed by atoms with Crippen LogP contribution in [0, 0.1) is 6.92 Å². The molecule has 0 saturated carbocycles. The second-order valence-electron chi connectivity index (χ2n) is 4.04. The summed E-state index contributed by atoms with van der Waals surface area (Å²) < 4.78 is 20.6. The van der Waals surface area contributed by atoms with Crippen molar-refractivity contribution in [1.82, 2.24) is 19.5 Å². The highest BCUT2D eigenvalue weighted by Crippen LogP contribution is 2.31. The minimum atomic E-state index is -0.915. The summed E-state index contributed by atoms with van der Waals surface area (Å²) in [5.41, 5.74) is 1.84. The lowest BCUT2D eigenvalue weighted by Crippen LogP contribution is -2.16. The predicted octanol–water partition coefficient (Wildman–Crippen LogP) is 0.878. The average Bonchev–Trinajstić information content (AvgIpc) is 2.93. The van der Waals surface area contributed by atoms with Crippen LogP contribution < -0.4 is 0 Å². The molecule has 0 fully saturated rings. The second-order valence-corrected chi connectivity index (χ2v) is 4.04. The molecule has 0 amide bonds. The van der Waals surface area contributed by atoms with Crippen molar-refractivity contribution in [2.75, 3.05) is 6.61 Å². The second kappa shape index (κ2) is 4.11. The monoisotopic (exact) mass is 250 g/mol. The van der Waals surface area contributed by atoms with E-state index in [1.54, 1.807) is 6.92 Å². The zero-order valence-corrected chi connectivity index (χ0v) is 9.62. The molecule has 2 atom stereocenters. The maximum absolute atomic E-state index is 13.7. The van der Waals surface area contributed by atoms with E-state index in [1.807, 2.05) is 0 Å². The first-order valence-electron chi connectivity index (χ1n) is 5.48. The number of imidazole rings is 1. The molecule has 0 bridgehead atoms. The maximum atomic E-state index is 13.7. The molecular weight excluding hydrogens is 239 g/mol. The van der Waals surface area contributed by atoms with Crippen LogP contribution >= 0.6 is 0 Å². The number of hydrogen-bond acceptors (Lipinski definition) is 5. The molecule has 6 nitrogen and oxygen atoms in total. The summed E-state index contributed by atoms with van der Waals surface area (Å²) in [7, 11) is 0. The predicted molar refractivity (Wildman–Crippen MR) is 60.2 cm³/mol. The topological polar surface area (TPSA) is 73.1 Å². The number of rotatable bonds is 2. The number of ether oxygens (including phenoxy) is 1. The third kappa shape index (κ3) is 1.59. The number of aliphatic hydroxyl groups is 1. The molecule has 1 aliphatic heterocycles. The molecule has 7 heteroatoms. The molecule has 18 heavy (non-hydrogen) atoms. The van der Waals surface area contributed by atoms with Gasteiger partial charge in [-0.3, -0.25) is 4.57 Å². The van der Waals surface area contributed by atoms with Crippen LogP contribution in [0.1, 0.15) is 11.9 Å². The lowest BCUT2D eigenvalue weighted by Gasteiger charge is -2.14. The Labute approximate surface area is 102 Å². The molecule has 2 aromatic rings. The van der Waals surface area contributed by atoms with E-state index < -0.39 is 18.2 Å². The van der Waals surface area contributed by atoms with Crippen molar-refractivity contribution in [2.45, 2.75) is 19.3 Å². The minimum Gasteiger partial charge on any atom is -0.393 e. The molecule has 0 aliphatic carbocycles. The molecule has 1 N–H and O–H groups in total. The molecule has 1 unspecified atom stereocenters. The van der Waals surface area contributed by atoms with Gasteiger partial charge in [0.15, 0.2) is 11.9 Å². The highest BCUT2D eigenvalue weighted by atomic mass is 19.1. The molecule has 94 valence electrons. The van der Waals surface area contributed by atoms with Crippen molar-refractivity contribution in [2.24, 2.45) is 0 Å². The summed E-state index contributed by atoms with van der Waals surface area (Å²) in [6, 6.07) is 0. The van der Waals surface area contributed by atoms with E-state index in [9.17, 15) is 4.39 Å². The lowest BCUT2D eigenvalue weighted by molar-refractivity contribution is -0.0174. The Morgan fingerprint density at radius 2 is 2.28 bits per heavy atom. The van der Waals surface area contributed by atoms with Crippen molar-refractivity contribution in [3.05, 3.63) is 30.3 Å². The Kier molecular flexibility index (Phi) is 2.57. The lowest BCUT2D eigenvalue weighted by atomic mass is 10.3. The first kappa shape index (κ1) is 11.2. The van der Waals surface area contributed by atoms with Crippen molar-refractivity contribution < 1.29 is 14.2 Å². The van der Waals surface area contributed by atoms with E-state index >= 15 is 0 Å². The summed E-state index contributed by atoms with van der Waals surface area (Å²) in [6.07, 6.45) is 2.57. The fourth-order valence-electron chi connectivity index (χ4n) is 1.96. The number of nitrogens with zero attached hydrogens (tertiary/aromatic N) is 4. The highest BCUT2D eigenvalue weighted by Gasteiger charge is 2.30. The number of fused-ring (bicyclic) bond motifs is 1. The van der Waals surface area contributed by atoms with Gasteiger partial charge in [0.1, 0.15) is 23.8 Å². The minimum absolute atomic E-state index is 0.259. The van der Waals surface area contributed by atoms with Gasteiger partial charge < -0.3 is 9.84 Å². The summed E-state index contributed by atoms with van der Waals surface area (Å²) in [4.78, 5) is 12.3. The van der Waals surface area contributed by atoms with Gasteiger partial charge in [0.25, 0.3) is 0 Å². The first-order chi connectivity index (χ1) is 8.70. The molecule has 3 heterocycles. The van der Waals surface area contributed by atoms with E-state index in [0.717, 1.165) is 5.69 Å². The van der Waals surface area contributed by atoms with Crippen LogP contribution in [0.25, 0.3) is 11.2 Å². The van der Waals surface area contributed by atoms with Crippen LogP contribution in [-0.2, 0) is 4.74 Å². The maximum Gasteiger partial charge on any atom is 0.189 e. The van der Waals surface area contributed by atoms with Gasteiger partial charge in [-0.15, -0.1) is 0 Å². The molecular formula is C11H11FN4O2. The van der Waals surface area contributed by atoms with Gasteiger partial charge >= 0.3 is 0 Å². The van der Waals surface area contributed by atoms with Crippen LogP contribution in [0.5, 0.6) is 0 Å². The fourth-order valence-corrected chi connectivity index (χ4v) is 1.96. The van der Waals surface area contributed by atoms with E-state index in [-0.39, 0.29) is 6.61 Å². The number of aromatic nitrogens is 4.